The Balaban J connectivity index is 3.08. The molecule has 0 N–H and O–H groups in total. The Morgan fingerprint density at radius 1 is 0.541 bits per heavy atom. The summed E-state index contributed by atoms with van der Waals surface area (Å²) >= 11 is 0. The molecule has 0 saturated heterocycles. The summed E-state index contributed by atoms with van der Waals surface area (Å²) in [5.74, 6) is -10.9. The summed E-state index contributed by atoms with van der Waals surface area (Å²) in [7, 11) is 0. The molecule has 0 aliphatic heterocycles. The highest BCUT2D eigenvalue weighted by Crippen LogP contribution is 2.37. The molecule has 1 aromatic rings. The van der Waals surface area contributed by atoms with E-state index in [0.717, 1.165) is 25.7 Å². The molecule has 1 aromatic carbocycles. The van der Waals surface area contributed by atoms with Gasteiger partial charge in [-0.2, -0.15) is 0 Å². The number of unbranched alkanes of at least 4 members (excludes halogenated alkanes) is 6. The maximum atomic E-state index is 14.1. The zero-order chi connectivity index (χ0) is 28.2. The van der Waals surface area contributed by atoms with Crippen molar-refractivity contribution in [3.8, 4) is 0 Å². The smallest absolute Gasteiger partial charge is 0.286 e. The molecule has 0 radical (unpaired) electrons. The molecule has 0 fully saturated rings. The maximum absolute atomic E-state index is 14.1. The van der Waals surface area contributed by atoms with Crippen LogP contribution in [0, 0.1) is 35.0 Å². The fourth-order valence-electron chi connectivity index (χ4n) is 4.59. The number of hydrogen-bond acceptors (Lipinski definition) is 3. The third-order valence-electron chi connectivity index (χ3n) is 6.14. The minimum absolute atomic E-state index is 0.178. The van der Waals surface area contributed by atoms with Gasteiger partial charge in [-0.1, -0.05) is 51.9 Å². The van der Waals surface area contributed by atoms with E-state index in [2.05, 4.69) is 6.92 Å². The van der Waals surface area contributed by atoms with Gasteiger partial charge in [0.1, 0.15) is 0 Å². The van der Waals surface area contributed by atoms with Crippen molar-refractivity contribution in [1.82, 2.24) is 0 Å². The van der Waals surface area contributed by atoms with Gasteiger partial charge in [0.05, 0.1) is 18.3 Å². The first-order valence-corrected chi connectivity index (χ1v) is 13.9. The van der Waals surface area contributed by atoms with Crippen molar-refractivity contribution in [1.29, 1.82) is 0 Å². The maximum Gasteiger partial charge on any atom is 0.286 e. The topological polar surface area (TPSA) is 27.7 Å². The van der Waals surface area contributed by atoms with E-state index in [1.807, 2.05) is 41.5 Å². The molecule has 1 unspecified atom stereocenters. The highest BCUT2D eigenvalue weighted by molar-refractivity contribution is 5.24. The van der Waals surface area contributed by atoms with E-state index in [4.69, 9.17) is 14.2 Å². The van der Waals surface area contributed by atoms with Crippen LogP contribution in [0.2, 0.25) is 0 Å². The van der Waals surface area contributed by atoms with Crippen LogP contribution in [-0.4, -0.2) is 24.3 Å². The summed E-state index contributed by atoms with van der Waals surface area (Å²) in [4.78, 5) is 0. The van der Waals surface area contributed by atoms with Crippen LogP contribution in [0.5, 0.6) is 0 Å². The lowest BCUT2D eigenvalue weighted by atomic mass is 9.91. The number of ether oxygens (including phenoxy) is 3. The first-order valence-electron chi connectivity index (χ1n) is 13.9. The third-order valence-corrected chi connectivity index (χ3v) is 6.14. The second kappa shape index (κ2) is 16.7. The first-order chi connectivity index (χ1) is 17.4. The molecule has 37 heavy (non-hydrogen) atoms. The fourth-order valence-corrected chi connectivity index (χ4v) is 4.59. The lowest BCUT2D eigenvalue weighted by Gasteiger charge is -2.43. The zero-order valence-electron chi connectivity index (χ0n) is 23.7. The van der Waals surface area contributed by atoms with Gasteiger partial charge >= 0.3 is 0 Å². The Morgan fingerprint density at radius 2 is 0.919 bits per heavy atom. The molecular formula is C29H47F5O3. The predicted octanol–water partition coefficient (Wildman–Crippen LogP) is 9.39. The van der Waals surface area contributed by atoms with Gasteiger partial charge in [0, 0.05) is 11.5 Å². The van der Waals surface area contributed by atoms with Crippen LogP contribution in [0.4, 0.5) is 22.0 Å². The van der Waals surface area contributed by atoms with Gasteiger partial charge in [-0.05, 0) is 67.2 Å². The van der Waals surface area contributed by atoms with E-state index in [0.29, 0.717) is 12.8 Å². The molecule has 3 nitrogen and oxygen atoms in total. The fraction of sp³-hybridized carbons (Fsp3) is 0.793. The molecule has 8 heteroatoms. The molecule has 0 amide bonds. The lowest BCUT2D eigenvalue weighted by Crippen LogP contribution is -2.50. The van der Waals surface area contributed by atoms with E-state index < -0.39 is 40.6 Å². The van der Waals surface area contributed by atoms with Gasteiger partial charge in [0.15, 0.2) is 23.3 Å². The van der Waals surface area contributed by atoms with Gasteiger partial charge < -0.3 is 14.2 Å². The minimum atomic E-state index is -2.13. The van der Waals surface area contributed by atoms with Crippen LogP contribution in [0.25, 0.3) is 0 Å². The highest BCUT2D eigenvalue weighted by Gasteiger charge is 2.44. The van der Waals surface area contributed by atoms with Crippen molar-refractivity contribution in [2.45, 2.75) is 143 Å². The second-order valence-corrected chi connectivity index (χ2v) is 10.7. The van der Waals surface area contributed by atoms with E-state index >= 15 is 0 Å². The van der Waals surface area contributed by atoms with Crippen LogP contribution >= 0.6 is 0 Å². The number of benzene rings is 1. The number of rotatable bonds is 19. The summed E-state index contributed by atoms with van der Waals surface area (Å²) in [6.07, 6.45) is 7.92. The van der Waals surface area contributed by atoms with Crippen molar-refractivity contribution < 1.29 is 36.2 Å². The van der Waals surface area contributed by atoms with Crippen LogP contribution in [-0.2, 0) is 20.6 Å². The monoisotopic (exact) mass is 538 g/mol. The molecule has 0 saturated carbocycles. The van der Waals surface area contributed by atoms with Crippen LogP contribution in [0.3, 0.4) is 0 Å². The summed E-state index contributed by atoms with van der Waals surface area (Å²) in [6.45, 7) is 13.6. The average Bonchev–Trinajstić information content (AvgIpc) is 2.80. The van der Waals surface area contributed by atoms with Crippen LogP contribution in [0.15, 0.2) is 0 Å². The Kier molecular flexibility index (Phi) is 15.2. The Hall–Kier alpha value is -1.25. The molecule has 0 heterocycles. The zero-order valence-corrected chi connectivity index (χ0v) is 23.7. The molecule has 1 atom stereocenters. The van der Waals surface area contributed by atoms with Crippen LogP contribution in [0.1, 0.15) is 118 Å². The van der Waals surface area contributed by atoms with Crippen LogP contribution < -0.4 is 0 Å². The molecular weight excluding hydrogens is 491 g/mol. The highest BCUT2D eigenvalue weighted by atomic mass is 19.2. The largest absolute Gasteiger partial charge is 0.324 e. The van der Waals surface area contributed by atoms with Gasteiger partial charge in [-0.3, -0.25) is 0 Å². The molecule has 0 aromatic heterocycles. The summed E-state index contributed by atoms with van der Waals surface area (Å²) < 4.78 is 87.8. The van der Waals surface area contributed by atoms with Gasteiger partial charge in [-0.15, -0.1) is 0 Å². The van der Waals surface area contributed by atoms with E-state index in [-0.39, 0.29) is 37.1 Å². The second-order valence-electron chi connectivity index (χ2n) is 10.7. The SMILES string of the molecule is CCCCCCCCC(CCCCc1c(F)c(F)c(F)c(F)c1F)C(OC(C)C)(OC(C)C)OC(C)C. The van der Waals surface area contributed by atoms with Crippen molar-refractivity contribution in [2.24, 2.45) is 5.92 Å². The summed E-state index contributed by atoms with van der Waals surface area (Å²) in [5, 5.41) is 0. The van der Waals surface area contributed by atoms with E-state index in [1.165, 1.54) is 19.3 Å². The molecule has 216 valence electrons. The minimum Gasteiger partial charge on any atom is -0.324 e. The normalized spacial score (nSPS) is 13.4. The Bertz CT molecular complexity index is 743. The van der Waals surface area contributed by atoms with E-state index in [9.17, 15) is 22.0 Å². The average molecular weight is 539 g/mol. The lowest BCUT2D eigenvalue weighted by molar-refractivity contribution is -0.433. The molecule has 0 spiro atoms. The quantitative estimate of drug-likeness (QED) is 0.0577. The predicted molar refractivity (Wildman–Crippen MR) is 137 cm³/mol. The van der Waals surface area contributed by atoms with Crippen molar-refractivity contribution >= 4 is 0 Å². The number of halogens is 5. The summed E-state index contributed by atoms with van der Waals surface area (Å²) in [6, 6.07) is 0. The van der Waals surface area contributed by atoms with E-state index in [1.54, 1.807) is 0 Å². The van der Waals surface area contributed by atoms with Gasteiger partial charge in [0.2, 0.25) is 5.82 Å². The Morgan fingerprint density at radius 3 is 1.35 bits per heavy atom. The van der Waals surface area contributed by atoms with Gasteiger partial charge in [-0.25, -0.2) is 22.0 Å². The third kappa shape index (κ3) is 10.8. The van der Waals surface area contributed by atoms with Crippen molar-refractivity contribution in [2.75, 3.05) is 0 Å². The molecule has 0 aliphatic carbocycles. The van der Waals surface area contributed by atoms with Gasteiger partial charge in [0.25, 0.3) is 5.97 Å². The van der Waals surface area contributed by atoms with Crippen molar-refractivity contribution in [3.63, 3.8) is 0 Å². The summed E-state index contributed by atoms with van der Waals surface area (Å²) in [5.41, 5.74) is -0.773. The Labute approximate surface area is 220 Å². The molecule has 0 aliphatic rings. The standard InChI is InChI=1S/C29H47F5O3/c1-8-9-10-11-12-13-16-22(29(35-19(2)3,36-20(4)5)37-21(6)7)17-14-15-18-23-24(30)26(32)28(34)27(33)25(23)31/h19-22H,8-18H2,1-7H3. The molecule has 0 bridgehead atoms. The number of hydrogen-bond donors (Lipinski definition) is 0. The first kappa shape index (κ1) is 33.8. The molecule has 1 rings (SSSR count). The van der Waals surface area contributed by atoms with Crippen molar-refractivity contribution in [3.05, 3.63) is 34.6 Å².